The normalized spacial score (nSPS) is 23.2. The molecule has 1 aromatic heterocycles. The van der Waals surface area contributed by atoms with Gasteiger partial charge in [0.05, 0.1) is 12.6 Å². The molecule has 1 aromatic rings. The first-order valence-electron chi connectivity index (χ1n) is 9.03. The Kier molecular flexibility index (Phi) is 5.89. The van der Waals surface area contributed by atoms with Gasteiger partial charge in [0.15, 0.2) is 0 Å². The molecule has 24 heavy (non-hydrogen) atoms. The van der Waals surface area contributed by atoms with Crippen molar-refractivity contribution in [3.63, 3.8) is 0 Å². The molecule has 2 fully saturated rings. The fraction of sp³-hybridized carbons (Fsp3) is 0.667. The van der Waals surface area contributed by atoms with Gasteiger partial charge in [-0.3, -0.25) is 9.59 Å². The summed E-state index contributed by atoms with van der Waals surface area (Å²) >= 11 is 1.62. The Morgan fingerprint density at radius 1 is 1.25 bits per heavy atom. The summed E-state index contributed by atoms with van der Waals surface area (Å²) < 4.78 is 0. The van der Waals surface area contributed by atoms with Crippen LogP contribution >= 0.6 is 11.3 Å². The predicted octanol–water partition coefficient (Wildman–Crippen LogP) is 2.26. The zero-order chi connectivity index (χ0) is 16.9. The highest BCUT2D eigenvalue weighted by Gasteiger charge is 2.38. The van der Waals surface area contributed by atoms with E-state index in [-0.39, 0.29) is 23.8 Å². The fourth-order valence-corrected chi connectivity index (χ4v) is 4.54. The molecule has 1 saturated heterocycles. The van der Waals surface area contributed by atoms with Gasteiger partial charge < -0.3 is 16.0 Å². The summed E-state index contributed by atoms with van der Waals surface area (Å²) in [5, 5.41) is 4.96. The van der Waals surface area contributed by atoms with Crippen LogP contribution in [0.4, 0.5) is 0 Å². The van der Waals surface area contributed by atoms with E-state index >= 15 is 0 Å². The molecule has 0 bridgehead atoms. The molecule has 1 aliphatic heterocycles. The second kappa shape index (κ2) is 8.12. The van der Waals surface area contributed by atoms with Crippen LogP contribution < -0.4 is 11.1 Å². The third kappa shape index (κ3) is 3.98. The lowest BCUT2D eigenvalue weighted by molar-refractivity contribution is -0.140. The minimum absolute atomic E-state index is 0.0318. The lowest BCUT2D eigenvalue weighted by atomic mass is 9.83. The molecule has 1 saturated carbocycles. The Balaban J connectivity index is 1.57. The molecule has 5 nitrogen and oxygen atoms in total. The molecule has 2 atom stereocenters. The maximum absolute atomic E-state index is 12.8. The van der Waals surface area contributed by atoms with Crippen molar-refractivity contribution in [1.82, 2.24) is 10.2 Å². The summed E-state index contributed by atoms with van der Waals surface area (Å²) in [4.78, 5) is 28.2. The molecule has 3 rings (SSSR count). The maximum Gasteiger partial charge on any atom is 0.243 e. The minimum Gasteiger partial charge on any atom is -0.349 e. The summed E-state index contributed by atoms with van der Waals surface area (Å²) in [6, 6.07) is 3.17. The lowest BCUT2D eigenvalue weighted by Gasteiger charge is -2.32. The first kappa shape index (κ1) is 17.4. The van der Waals surface area contributed by atoms with E-state index in [2.05, 4.69) is 5.32 Å². The van der Waals surface area contributed by atoms with Crippen LogP contribution in [0.1, 0.15) is 49.8 Å². The van der Waals surface area contributed by atoms with Crippen molar-refractivity contribution >= 4 is 23.2 Å². The number of hydrogen-bond acceptors (Lipinski definition) is 4. The molecule has 2 amide bonds. The summed E-state index contributed by atoms with van der Waals surface area (Å²) in [5.74, 6) is 0.197. The first-order valence-corrected chi connectivity index (χ1v) is 9.91. The van der Waals surface area contributed by atoms with Gasteiger partial charge in [0.25, 0.3) is 0 Å². The number of nitrogens with zero attached hydrogens (tertiary/aromatic N) is 1. The fourth-order valence-electron chi connectivity index (χ4n) is 3.89. The summed E-state index contributed by atoms with van der Waals surface area (Å²) in [7, 11) is 0. The predicted molar refractivity (Wildman–Crippen MR) is 95.5 cm³/mol. The molecule has 2 aliphatic rings. The summed E-state index contributed by atoms with van der Waals surface area (Å²) in [5.41, 5.74) is 6.26. The van der Waals surface area contributed by atoms with Crippen LogP contribution in [0.5, 0.6) is 0 Å². The maximum atomic E-state index is 12.8. The van der Waals surface area contributed by atoms with Gasteiger partial charge >= 0.3 is 0 Å². The minimum atomic E-state index is -0.448. The Morgan fingerprint density at radius 3 is 2.75 bits per heavy atom. The van der Waals surface area contributed by atoms with E-state index in [9.17, 15) is 9.59 Å². The van der Waals surface area contributed by atoms with Crippen molar-refractivity contribution < 1.29 is 9.59 Å². The Hall–Kier alpha value is -1.40. The van der Waals surface area contributed by atoms with Crippen LogP contribution in [0.25, 0.3) is 0 Å². The molecule has 0 spiro atoms. The van der Waals surface area contributed by atoms with Crippen LogP contribution in [-0.4, -0.2) is 35.3 Å². The van der Waals surface area contributed by atoms with Crippen LogP contribution in [0.2, 0.25) is 0 Å². The molecule has 0 aromatic carbocycles. The number of amides is 2. The van der Waals surface area contributed by atoms with Crippen LogP contribution in [0.3, 0.4) is 0 Å². The van der Waals surface area contributed by atoms with E-state index in [1.54, 1.807) is 16.2 Å². The molecule has 0 radical (unpaired) electrons. The van der Waals surface area contributed by atoms with Gasteiger partial charge in [0, 0.05) is 11.4 Å². The highest BCUT2D eigenvalue weighted by Crippen LogP contribution is 2.28. The van der Waals surface area contributed by atoms with Gasteiger partial charge in [-0.05, 0) is 43.0 Å². The summed E-state index contributed by atoms with van der Waals surface area (Å²) in [6.45, 7) is 1.18. The quantitative estimate of drug-likeness (QED) is 0.856. The molecule has 1 aliphatic carbocycles. The SMILES string of the molecule is N[C@@H](C(=O)N1CCC[C@H]1C(=O)NCc1cccs1)C1CCCCC1. The standard InChI is InChI=1S/C18H27N3O2S/c19-16(13-6-2-1-3-7-13)18(23)21-10-4-9-15(21)17(22)20-12-14-8-5-11-24-14/h5,8,11,13,15-16H,1-4,6-7,9-10,12,19H2,(H,20,22)/t15-,16+/m0/s1. The van der Waals surface area contributed by atoms with Crippen molar-refractivity contribution in [1.29, 1.82) is 0 Å². The van der Waals surface area contributed by atoms with Crippen LogP contribution in [-0.2, 0) is 16.1 Å². The van der Waals surface area contributed by atoms with Gasteiger partial charge in [-0.25, -0.2) is 0 Å². The van der Waals surface area contributed by atoms with E-state index in [0.29, 0.717) is 13.1 Å². The molecular formula is C18H27N3O2S. The Bertz CT molecular complexity index is 555. The number of thiophene rings is 1. The van der Waals surface area contributed by atoms with E-state index in [4.69, 9.17) is 5.73 Å². The highest BCUT2D eigenvalue weighted by molar-refractivity contribution is 7.09. The average Bonchev–Trinajstić information content (AvgIpc) is 3.30. The Labute approximate surface area is 147 Å². The van der Waals surface area contributed by atoms with E-state index in [1.807, 2.05) is 17.5 Å². The number of nitrogens with two attached hydrogens (primary N) is 1. The van der Waals surface area contributed by atoms with Crippen molar-refractivity contribution in [2.45, 2.75) is 63.6 Å². The van der Waals surface area contributed by atoms with Crippen molar-refractivity contribution in [3.05, 3.63) is 22.4 Å². The molecule has 2 heterocycles. The van der Waals surface area contributed by atoms with Gasteiger partial charge in [-0.15, -0.1) is 11.3 Å². The van der Waals surface area contributed by atoms with Gasteiger partial charge in [0.2, 0.25) is 11.8 Å². The number of likely N-dealkylation sites (tertiary alicyclic amines) is 1. The second-order valence-corrected chi connectivity index (χ2v) is 7.94. The zero-order valence-electron chi connectivity index (χ0n) is 14.1. The van der Waals surface area contributed by atoms with E-state index in [0.717, 1.165) is 43.4 Å². The largest absolute Gasteiger partial charge is 0.349 e. The topological polar surface area (TPSA) is 75.4 Å². The molecule has 0 unspecified atom stereocenters. The highest BCUT2D eigenvalue weighted by atomic mass is 32.1. The number of carbonyl (C=O) groups excluding carboxylic acids is 2. The monoisotopic (exact) mass is 349 g/mol. The zero-order valence-corrected chi connectivity index (χ0v) is 14.9. The van der Waals surface area contributed by atoms with Crippen LogP contribution in [0, 0.1) is 5.92 Å². The van der Waals surface area contributed by atoms with Crippen molar-refractivity contribution in [2.75, 3.05) is 6.54 Å². The van der Waals surface area contributed by atoms with Crippen molar-refractivity contribution in [3.8, 4) is 0 Å². The number of hydrogen-bond donors (Lipinski definition) is 2. The van der Waals surface area contributed by atoms with Gasteiger partial charge in [-0.1, -0.05) is 25.3 Å². The van der Waals surface area contributed by atoms with Gasteiger partial charge in [0.1, 0.15) is 6.04 Å². The third-order valence-corrected chi connectivity index (χ3v) is 6.17. The molecule has 6 heteroatoms. The number of carbonyl (C=O) groups is 2. The van der Waals surface area contributed by atoms with Crippen molar-refractivity contribution in [2.24, 2.45) is 11.7 Å². The third-order valence-electron chi connectivity index (χ3n) is 5.30. The number of nitrogens with one attached hydrogen (secondary N) is 1. The van der Waals surface area contributed by atoms with E-state index < -0.39 is 6.04 Å². The first-order chi connectivity index (χ1) is 11.7. The molecule has 3 N–H and O–H groups in total. The average molecular weight is 350 g/mol. The Morgan fingerprint density at radius 2 is 2.04 bits per heavy atom. The second-order valence-electron chi connectivity index (χ2n) is 6.91. The molecule has 132 valence electrons. The van der Waals surface area contributed by atoms with E-state index in [1.165, 1.54) is 6.42 Å². The summed E-state index contributed by atoms with van der Waals surface area (Å²) in [6.07, 6.45) is 7.26. The lowest BCUT2D eigenvalue weighted by Crippen LogP contribution is -2.53. The van der Waals surface area contributed by atoms with Gasteiger partial charge in [-0.2, -0.15) is 0 Å². The van der Waals surface area contributed by atoms with Crippen LogP contribution in [0.15, 0.2) is 17.5 Å². The smallest absolute Gasteiger partial charge is 0.243 e. The number of rotatable bonds is 5. The molecular weight excluding hydrogens is 322 g/mol.